The number of rotatable bonds is 1. The molecular formula is C8H7F2NS. The lowest BCUT2D eigenvalue weighted by Gasteiger charge is -2.00. The third kappa shape index (κ3) is 1.76. The summed E-state index contributed by atoms with van der Waals surface area (Å²) in [6.07, 6.45) is 0. The second-order valence-corrected chi connectivity index (χ2v) is 2.47. The predicted molar refractivity (Wildman–Crippen MR) is 47.5 cm³/mol. The number of hydrogen-bond donors (Lipinski definition) is 2. The molecular weight excluding hydrogens is 180 g/mol. The van der Waals surface area contributed by atoms with Crippen molar-refractivity contribution < 1.29 is 8.78 Å². The molecule has 0 unspecified atom stereocenters. The van der Waals surface area contributed by atoms with E-state index in [1.165, 1.54) is 11.5 Å². The van der Waals surface area contributed by atoms with Gasteiger partial charge in [-0.2, -0.15) is 0 Å². The first kappa shape index (κ1) is 9.06. The van der Waals surface area contributed by atoms with Crippen LogP contribution < -0.4 is 5.73 Å². The highest BCUT2D eigenvalue weighted by molar-refractivity contribution is 7.83. The molecule has 0 radical (unpaired) electrons. The summed E-state index contributed by atoms with van der Waals surface area (Å²) in [5.74, 6) is -1.80. The van der Waals surface area contributed by atoms with E-state index in [9.17, 15) is 8.78 Å². The van der Waals surface area contributed by atoms with Gasteiger partial charge in [0.25, 0.3) is 0 Å². The average molecular weight is 187 g/mol. The summed E-state index contributed by atoms with van der Waals surface area (Å²) >= 11 is 3.78. The van der Waals surface area contributed by atoms with Gasteiger partial charge < -0.3 is 5.73 Å². The van der Waals surface area contributed by atoms with Gasteiger partial charge in [0, 0.05) is 11.3 Å². The Morgan fingerprint density at radius 3 is 2.50 bits per heavy atom. The molecule has 0 amide bonds. The SMILES string of the molecule is N/C(=C\S)c1ccc(F)c(F)c1. The maximum absolute atomic E-state index is 12.6. The van der Waals surface area contributed by atoms with E-state index in [2.05, 4.69) is 12.6 Å². The van der Waals surface area contributed by atoms with E-state index < -0.39 is 11.6 Å². The molecule has 0 aliphatic rings. The first-order valence-corrected chi connectivity index (χ1v) is 3.72. The van der Waals surface area contributed by atoms with Gasteiger partial charge in [0.05, 0.1) is 0 Å². The number of thiol groups is 1. The fraction of sp³-hybridized carbons (Fsp3) is 0. The van der Waals surface area contributed by atoms with Crippen LogP contribution in [0.25, 0.3) is 5.70 Å². The zero-order valence-electron chi connectivity index (χ0n) is 6.09. The molecule has 64 valence electrons. The Kier molecular flexibility index (Phi) is 2.70. The van der Waals surface area contributed by atoms with Crippen molar-refractivity contribution in [2.75, 3.05) is 0 Å². The van der Waals surface area contributed by atoms with E-state index in [-0.39, 0.29) is 0 Å². The summed E-state index contributed by atoms with van der Waals surface area (Å²) in [4.78, 5) is 0. The zero-order chi connectivity index (χ0) is 9.14. The third-order valence-corrected chi connectivity index (χ3v) is 1.67. The number of halogens is 2. The molecule has 0 bridgehead atoms. The molecule has 0 fully saturated rings. The molecule has 0 heterocycles. The minimum atomic E-state index is -0.911. The summed E-state index contributed by atoms with van der Waals surface area (Å²) in [6, 6.07) is 3.44. The fourth-order valence-electron chi connectivity index (χ4n) is 0.750. The van der Waals surface area contributed by atoms with Crippen molar-refractivity contribution >= 4 is 18.3 Å². The van der Waals surface area contributed by atoms with Crippen molar-refractivity contribution in [3.8, 4) is 0 Å². The van der Waals surface area contributed by atoms with E-state index in [0.29, 0.717) is 11.3 Å². The number of hydrogen-bond acceptors (Lipinski definition) is 2. The van der Waals surface area contributed by atoms with E-state index >= 15 is 0 Å². The first-order chi connectivity index (χ1) is 5.65. The quantitative estimate of drug-likeness (QED) is 0.647. The maximum Gasteiger partial charge on any atom is 0.159 e. The van der Waals surface area contributed by atoms with Crippen molar-refractivity contribution in [3.05, 3.63) is 40.8 Å². The van der Waals surface area contributed by atoms with Crippen LogP contribution in [-0.2, 0) is 0 Å². The van der Waals surface area contributed by atoms with Crippen LogP contribution in [0.3, 0.4) is 0 Å². The normalized spacial score (nSPS) is 11.8. The van der Waals surface area contributed by atoms with Crippen molar-refractivity contribution in [3.63, 3.8) is 0 Å². The van der Waals surface area contributed by atoms with E-state index in [0.717, 1.165) is 12.1 Å². The second kappa shape index (κ2) is 3.58. The van der Waals surface area contributed by atoms with Crippen LogP contribution in [-0.4, -0.2) is 0 Å². The standard InChI is InChI=1S/C8H7F2NS/c9-6-2-1-5(3-7(6)10)8(11)4-12/h1-4,12H,11H2/b8-4-. The van der Waals surface area contributed by atoms with Gasteiger partial charge in [0.1, 0.15) is 0 Å². The summed E-state index contributed by atoms with van der Waals surface area (Å²) < 4.78 is 25.0. The monoisotopic (exact) mass is 187 g/mol. The number of nitrogens with two attached hydrogens (primary N) is 1. The lowest BCUT2D eigenvalue weighted by atomic mass is 10.2. The van der Waals surface area contributed by atoms with Crippen LogP contribution in [0, 0.1) is 11.6 Å². The van der Waals surface area contributed by atoms with Crippen molar-refractivity contribution in [1.29, 1.82) is 0 Å². The summed E-state index contributed by atoms with van der Waals surface area (Å²) in [5, 5.41) is 1.33. The van der Waals surface area contributed by atoms with Gasteiger partial charge in [-0.1, -0.05) is 0 Å². The van der Waals surface area contributed by atoms with Crippen LogP contribution in [0.4, 0.5) is 8.78 Å². The largest absolute Gasteiger partial charge is 0.398 e. The molecule has 4 heteroatoms. The maximum atomic E-state index is 12.6. The van der Waals surface area contributed by atoms with E-state index in [1.54, 1.807) is 0 Å². The molecule has 0 atom stereocenters. The van der Waals surface area contributed by atoms with Crippen LogP contribution in [0.15, 0.2) is 23.6 Å². The van der Waals surface area contributed by atoms with Crippen molar-refractivity contribution in [2.45, 2.75) is 0 Å². The smallest absolute Gasteiger partial charge is 0.159 e. The minimum Gasteiger partial charge on any atom is -0.398 e. The van der Waals surface area contributed by atoms with Crippen molar-refractivity contribution in [2.24, 2.45) is 5.73 Å². The minimum absolute atomic E-state index is 0.303. The average Bonchev–Trinajstić information content (AvgIpc) is 2.08. The Labute approximate surface area is 74.3 Å². The van der Waals surface area contributed by atoms with Gasteiger partial charge in [-0.05, 0) is 23.6 Å². The highest BCUT2D eigenvalue weighted by atomic mass is 32.1. The molecule has 0 spiro atoms. The van der Waals surface area contributed by atoms with E-state index in [4.69, 9.17) is 5.73 Å². The second-order valence-electron chi connectivity index (χ2n) is 2.21. The molecule has 1 aromatic carbocycles. The van der Waals surface area contributed by atoms with Gasteiger partial charge >= 0.3 is 0 Å². The Hall–Kier alpha value is -1.03. The van der Waals surface area contributed by atoms with Gasteiger partial charge in [-0.3, -0.25) is 0 Å². The first-order valence-electron chi connectivity index (χ1n) is 3.20. The topological polar surface area (TPSA) is 26.0 Å². The molecule has 0 saturated carbocycles. The molecule has 1 rings (SSSR count). The van der Waals surface area contributed by atoms with Crippen LogP contribution in [0.1, 0.15) is 5.56 Å². The molecule has 12 heavy (non-hydrogen) atoms. The Bertz CT molecular complexity index is 323. The fourth-order valence-corrected chi connectivity index (χ4v) is 0.899. The third-order valence-electron chi connectivity index (χ3n) is 1.39. The highest BCUT2D eigenvalue weighted by Crippen LogP contribution is 2.13. The van der Waals surface area contributed by atoms with Crippen LogP contribution >= 0.6 is 12.6 Å². The summed E-state index contributed by atoms with van der Waals surface area (Å²) in [7, 11) is 0. The summed E-state index contributed by atoms with van der Waals surface area (Å²) in [6.45, 7) is 0. The molecule has 0 saturated heterocycles. The molecule has 1 aromatic rings. The van der Waals surface area contributed by atoms with Gasteiger partial charge in [-0.15, -0.1) is 12.6 Å². The molecule has 2 N–H and O–H groups in total. The molecule has 0 aromatic heterocycles. The van der Waals surface area contributed by atoms with E-state index in [1.807, 2.05) is 0 Å². The Morgan fingerprint density at radius 1 is 1.33 bits per heavy atom. The Morgan fingerprint density at radius 2 is 2.00 bits per heavy atom. The lowest BCUT2D eigenvalue weighted by molar-refractivity contribution is 0.508. The predicted octanol–water partition coefficient (Wildman–Crippen LogP) is 2.15. The van der Waals surface area contributed by atoms with Gasteiger partial charge in [-0.25, -0.2) is 8.78 Å². The lowest BCUT2D eigenvalue weighted by Crippen LogP contribution is -1.96. The Balaban J connectivity index is 3.13. The number of benzene rings is 1. The van der Waals surface area contributed by atoms with Crippen LogP contribution in [0.2, 0.25) is 0 Å². The molecule has 0 aliphatic heterocycles. The zero-order valence-corrected chi connectivity index (χ0v) is 6.98. The van der Waals surface area contributed by atoms with Crippen LogP contribution in [0.5, 0.6) is 0 Å². The summed E-state index contributed by atoms with van der Waals surface area (Å²) in [5.41, 5.74) is 6.13. The highest BCUT2D eigenvalue weighted by Gasteiger charge is 2.02. The molecule has 0 aliphatic carbocycles. The van der Waals surface area contributed by atoms with Gasteiger partial charge in [0.15, 0.2) is 11.6 Å². The van der Waals surface area contributed by atoms with Gasteiger partial charge in [0.2, 0.25) is 0 Å². The van der Waals surface area contributed by atoms with Crippen molar-refractivity contribution in [1.82, 2.24) is 0 Å². The molecule has 1 nitrogen and oxygen atoms in total.